The van der Waals surface area contributed by atoms with Gasteiger partial charge in [0.1, 0.15) is 10.8 Å². The third kappa shape index (κ3) is 5.19. The van der Waals surface area contributed by atoms with Crippen LogP contribution in [0.25, 0.3) is 10.7 Å². The van der Waals surface area contributed by atoms with Gasteiger partial charge in [0.05, 0.1) is 11.4 Å². The molecule has 6 heteroatoms. The van der Waals surface area contributed by atoms with Gasteiger partial charge in [-0.05, 0) is 36.2 Å². The zero-order chi connectivity index (χ0) is 17.5. The molecule has 2 aromatic heterocycles. The van der Waals surface area contributed by atoms with Gasteiger partial charge in [-0.25, -0.2) is 9.37 Å². The molecule has 0 aliphatic carbocycles. The van der Waals surface area contributed by atoms with Crippen molar-refractivity contribution in [1.29, 1.82) is 0 Å². The van der Waals surface area contributed by atoms with E-state index in [4.69, 9.17) is 0 Å². The molecule has 1 N–H and O–H groups in total. The molecule has 0 radical (unpaired) electrons. The summed E-state index contributed by atoms with van der Waals surface area (Å²) in [5.41, 5.74) is 2.63. The van der Waals surface area contributed by atoms with Crippen molar-refractivity contribution in [3.63, 3.8) is 0 Å². The van der Waals surface area contributed by atoms with Crippen LogP contribution in [0.4, 0.5) is 4.39 Å². The molecule has 0 unspecified atom stereocenters. The number of hydrogen-bond acceptors (Lipinski definition) is 4. The number of nitrogens with one attached hydrogen (secondary N) is 1. The second-order valence-corrected chi connectivity index (χ2v) is 6.45. The number of aryl methyl sites for hydroxylation is 1. The van der Waals surface area contributed by atoms with Gasteiger partial charge in [-0.15, -0.1) is 11.3 Å². The number of thiazole rings is 1. The molecule has 0 spiro atoms. The Labute approximate surface area is 149 Å². The normalized spacial score (nSPS) is 10.6. The Morgan fingerprint density at radius 2 is 2.08 bits per heavy atom. The lowest BCUT2D eigenvalue weighted by atomic mass is 10.1. The van der Waals surface area contributed by atoms with Crippen molar-refractivity contribution in [2.75, 3.05) is 6.54 Å². The average molecular weight is 355 g/mol. The van der Waals surface area contributed by atoms with E-state index < -0.39 is 0 Å². The Kier molecular flexibility index (Phi) is 5.85. The summed E-state index contributed by atoms with van der Waals surface area (Å²) in [6.07, 6.45) is 3.30. The predicted octanol–water partition coefficient (Wildman–Crippen LogP) is 3.64. The fraction of sp³-hybridized carbons (Fsp3) is 0.211. The number of carbonyl (C=O) groups is 1. The first-order valence-electron chi connectivity index (χ1n) is 8.07. The second-order valence-electron chi connectivity index (χ2n) is 5.59. The van der Waals surface area contributed by atoms with Crippen molar-refractivity contribution in [1.82, 2.24) is 15.3 Å². The molecule has 4 nitrogen and oxygen atoms in total. The van der Waals surface area contributed by atoms with E-state index in [-0.39, 0.29) is 11.7 Å². The van der Waals surface area contributed by atoms with Crippen LogP contribution < -0.4 is 5.32 Å². The van der Waals surface area contributed by atoms with Crippen LogP contribution in [0.5, 0.6) is 0 Å². The highest BCUT2D eigenvalue weighted by Crippen LogP contribution is 2.21. The number of hydrogen-bond donors (Lipinski definition) is 1. The highest BCUT2D eigenvalue weighted by molar-refractivity contribution is 7.13. The van der Waals surface area contributed by atoms with Crippen molar-refractivity contribution in [3.05, 3.63) is 71.1 Å². The van der Waals surface area contributed by atoms with Crippen molar-refractivity contribution in [3.8, 4) is 10.7 Å². The van der Waals surface area contributed by atoms with Crippen molar-refractivity contribution >= 4 is 17.2 Å². The summed E-state index contributed by atoms with van der Waals surface area (Å²) in [6.45, 7) is 0.535. The molecule has 3 aromatic rings. The van der Waals surface area contributed by atoms with E-state index >= 15 is 0 Å². The third-order valence-electron chi connectivity index (χ3n) is 3.67. The number of rotatable bonds is 7. The van der Waals surface area contributed by atoms with Crippen LogP contribution in [0.1, 0.15) is 17.7 Å². The standard InChI is InChI=1S/C19H18FN3OS/c20-15-5-3-4-14(12-15)7-8-18(24)22-11-9-16-13-25-19(23-16)17-6-1-2-10-21-17/h1-6,10,12-13H,7-9,11H2,(H,22,24). The highest BCUT2D eigenvalue weighted by Gasteiger charge is 2.07. The zero-order valence-electron chi connectivity index (χ0n) is 13.6. The van der Waals surface area contributed by atoms with Gasteiger partial charge in [0.2, 0.25) is 5.91 Å². The van der Waals surface area contributed by atoms with Gasteiger partial charge < -0.3 is 5.32 Å². The molecule has 25 heavy (non-hydrogen) atoms. The third-order valence-corrected chi connectivity index (χ3v) is 4.58. The fourth-order valence-corrected chi connectivity index (χ4v) is 3.23. The molecule has 0 bridgehead atoms. The number of nitrogens with zero attached hydrogens (tertiary/aromatic N) is 2. The molecule has 0 saturated heterocycles. The maximum atomic E-state index is 13.1. The molecule has 0 saturated carbocycles. The van der Waals surface area contributed by atoms with Crippen LogP contribution in [0, 0.1) is 5.82 Å². The van der Waals surface area contributed by atoms with E-state index in [1.165, 1.54) is 12.1 Å². The van der Waals surface area contributed by atoms with Gasteiger partial charge in [-0.3, -0.25) is 9.78 Å². The fourth-order valence-electron chi connectivity index (χ4n) is 2.40. The molecule has 1 aromatic carbocycles. The number of aromatic nitrogens is 2. The van der Waals surface area contributed by atoms with E-state index in [0.717, 1.165) is 22.0 Å². The zero-order valence-corrected chi connectivity index (χ0v) is 14.4. The van der Waals surface area contributed by atoms with E-state index in [1.807, 2.05) is 29.6 Å². The quantitative estimate of drug-likeness (QED) is 0.704. The van der Waals surface area contributed by atoms with E-state index in [9.17, 15) is 9.18 Å². The Morgan fingerprint density at radius 1 is 1.16 bits per heavy atom. The van der Waals surface area contributed by atoms with Crippen molar-refractivity contribution < 1.29 is 9.18 Å². The lowest BCUT2D eigenvalue weighted by Crippen LogP contribution is -2.25. The highest BCUT2D eigenvalue weighted by atomic mass is 32.1. The summed E-state index contributed by atoms with van der Waals surface area (Å²) < 4.78 is 13.1. The molecule has 0 aliphatic heterocycles. The SMILES string of the molecule is O=C(CCc1cccc(F)c1)NCCc1csc(-c2ccccn2)n1. The molecule has 0 atom stereocenters. The van der Waals surface area contributed by atoms with E-state index in [1.54, 1.807) is 23.6 Å². The lowest BCUT2D eigenvalue weighted by Gasteiger charge is -2.04. The minimum absolute atomic E-state index is 0.0376. The van der Waals surface area contributed by atoms with Gasteiger partial charge in [0.25, 0.3) is 0 Å². The first-order chi connectivity index (χ1) is 12.2. The van der Waals surface area contributed by atoms with Crippen LogP contribution in [-0.4, -0.2) is 22.4 Å². The Bertz CT molecular complexity index is 835. The Balaban J connectivity index is 1.42. The number of benzene rings is 1. The number of pyridine rings is 1. The van der Waals surface area contributed by atoms with Crippen LogP contribution in [0.2, 0.25) is 0 Å². The molecule has 3 rings (SSSR count). The van der Waals surface area contributed by atoms with Crippen LogP contribution in [0.15, 0.2) is 54.0 Å². The second kappa shape index (κ2) is 8.48. The predicted molar refractivity (Wildman–Crippen MR) is 96.8 cm³/mol. The molecular weight excluding hydrogens is 337 g/mol. The Morgan fingerprint density at radius 3 is 2.88 bits per heavy atom. The number of amides is 1. The average Bonchev–Trinajstić information content (AvgIpc) is 3.10. The molecule has 2 heterocycles. The maximum absolute atomic E-state index is 13.1. The molecular formula is C19H18FN3OS. The van der Waals surface area contributed by atoms with Gasteiger partial charge in [0.15, 0.2) is 0 Å². The molecule has 128 valence electrons. The van der Waals surface area contributed by atoms with E-state index in [0.29, 0.717) is 25.8 Å². The van der Waals surface area contributed by atoms with Crippen molar-refractivity contribution in [2.24, 2.45) is 0 Å². The summed E-state index contributed by atoms with van der Waals surface area (Å²) in [5.74, 6) is -0.311. The summed E-state index contributed by atoms with van der Waals surface area (Å²) in [5, 5.41) is 5.75. The van der Waals surface area contributed by atoms with Gasteiger partial charge in [0, 0.05) is 31.0 Å². The molecule has 1 amide bonds. The van der Waals surface area contributed by atoms with Crippen LogP contribution in [-0.2, 0) is 17.6 Å². The largest absolute Gasteiger partial charge is 0.356 e. The van der Waals surface area contributed by atoms with Crippen LogP contribution >= 0.6 is 11.3 Å². The lowest BCUT2D eigenvalue weighted by molar-refractivity contribution is -0.121. The van der Waals surface area contributed by atoms with Gasteiger partial charge in [-0.1, -0.05) is 18.2 Å². The molecule has 0 fully saturated rings. The first kappa shape index (κ1) is 17.2. The summed E-state index contributed by atoms with van der Waals surface area (Å²) in [6, 6.07) is 12.1. The topological polar surface area (TPSA) is 54.9 Å². The first-order valence-corrected chi connectivity index (χ1v) is 8.95. The summed E-state index contributed by atoms with van der Waals surface area (Å²) >= 11 is 1.55. The Hall–Kier alpha value is -2.60. The maximum Gasteiger partial charge on any atom is 0.220 e. The minimum Gasteiger partial charge on any atom is -0.356 e. The summed E-state index contributed by atoms with van der Waals surface area (Å²) in [7, 11) is 0. The van der Waals surface area contributed by atoms with Crippen LogP contribution in [0.3, 0.4) is 0 Å². The van der Waals surface area contributed by atoms with E-state index in [2.05, 4.69) is 15.3 Å². The monoisotopic (exact) mass is 355 g/mol. The smallest absolute Gasteiger partial charge is 0.220 e. The van der Waals surface area contributed by atoms with Crippen molar-refractivity contribution in [2.45, 2.75) is 19.3 Å². The van der Waals surface area contributed by atoms with Gasteiger partial charge in [-0.2, -0.15) is 0 Å². The van der Waals surface area contributed by atoms with Gasteiger partial charge >= 0.3 is 0 Å². The summed E-state index contributed by atoms with van der Waals surface area (Å²) in [4.78, 5) is 20.7. The molecule has 0 aliphatic rings. The number of carbonyl (C=O) groups excluding carboxylic acids is 1. The minimum atomic E-state index is -0.273. The number of halogens is 1.